The van der Waals surface area contributed by atoms with Gasteiger partial charge in [0.15, 0.2) is 0 Å². The number of rotatable bonds is 3. The number of imidazole rings is 1. The van der Waals surface area contributed by atoms with Crippen LogP contribution >= 0.6 is 11.3 Å². The Balaban J connectivity index is 1.85. The topological polar surface area (TPSA) is 66.9 Å². The van der Waals surface area contributed by atoms with Gasteiger partial charge in [0.05, 0.1) is 17.1 Å². The van der Waals surface area contributed by atoms with Crippen LogP contribution < -0.4 is 11.0 Å². The van der Waals surface area contributed by atoms with Gasteiger partial charge in [-0.3, -0.25) is 9.36 Å². The summed E-state index contributed by atoms with van der Waals surface area (Å²) in [6.45, 7) is 6.11. The summed E-state index contributed by atoms with van der Waals surface area (Å²) in [6, 6.07) is 7.29. The fourth-order valence-corrected chi connectivity index (χ4v) is 3.84. The maximum Gasteiger partial charge on any atom is 0.326 e. The van der Waals surface area contributed by atoms with E-state index in [-0.39, 0.29) is 17.6 Å². The van der Waals surface area contributed by atoms with Gasteiger partial charge in [-0.25, -0.2) is 4.79 Å². The average molecular weight is 329 g/mol. The lowest BCUT2D eigenvalue weighted by molar-refractivity contribution is 0.0940. The largest absolute Gasteiger partial charge is 0.345 e. The van der Waals surface area contributed by atoms with Crippen LogP contribution in [-0.4, -0.2) is 15.5 Å². The summed E-state index contributed by atoms with van der Waals surface area (Å²) in [4.78, 5) is 29.3. The van der Waals surface area contributed by atoms with Crippen molar-refractivity contribution in [3.05, 3.63) is 55.6 Å². The van der Waals surface area contributed by atoms with Gasteiger partial charge in [0, 0.05) is 22.4 Å². The van der Waals surface area contributed by atoms with Crippen molar-refractivity contribution in [3.63, 3.8) is 0 Å². The summed E-state index contributed by atoms with van der Waals surface area (Å²) in [5, 5.41) is 3.02. The Morgan fingerprint density at radius 3 is 2.70 bits per heavy atom. The number of aromatic nitrogens is 2. The summed E-state index contributed by atoms with van der Waals surface area (Å²) >= 11 is 1.73. The molecule has 6 heteroatoms. The molecule has 120 valence electrons. The monoisotopic (exact) mass is 329 g/mol. The Hall–Kier alpha value is -2.34. The fraction of sp³-hybridized carbons (Fsp3) is 0.294. The third-order valence-corrected chi connectivity index (χ3v) is 5.04. The predicted molar refractivity (Wildman–Crippen MR) is 93.2 cm³/mol. The van der Waals surface area contributed by atoms with Crippen molar-refractivity contribution in [2.45, 2.75) is 26.8 Å². The van der Waals surface area contributed by atoms with Gasteiger partial charge in [0.25, 0.3) is 5.91 Å². The zero-order chi connectivity index (χ0) is 16.7. The number of fused-ring (bicyclic) bond motifs is 1. The lowest BCUT2D eigenvalue weighted by Gasteiger charge is -2.14. The highest BCUT2D eigenvalue weighted by Gasteiger charge is 2.16. The molecule has 2 heterocycles. The minimum Gasteiger partial charge on any atom is -0.345 e. The number of amides is 1. The molecule has 0 aliphatic rings. The number of H-pyrrole nitrogens is 1. The minimum atomic E-state index is -0.185. The maximum atomic E-state index is 12.5. The molecular formula is C17H19N3O2S. The van der Waals surface area contributed by atoms with E-state index < -0.39 is 0 Å². The zero-order valence-corrected chi connectivity index (χ0v) is 14.4. The van der Waals surface area contributed by atoms with Crippen molar-refractivity contribution in [2.75, 3.05) is 0 Å². The summed E-state index contributed by atoms with van der Waals surface area (Å²) in [5.74, 6) is -0.146. The van der Waals surface area contributed by atoms with Crippen molar-refractivity contribution >= 4 is 28.3 Å². The van der Waals surface area contributed by atoms with Crippen molar-refractivity contribution in [2.24, 2.45) is 7.05 Å². The number of thiophene rings is 1. The second-order valence-electron chi connectivity index (χ2n) is 5.78. The van der Waals surface area contributed by atoms with E-state index in [9.17, 15) is 9.59 Å². The van der Waals surface area contributed by atoms with E-state index in [0.717, 1.165) is 11.1 Å². The van der Waals surface area contributed by atoms with E-state index in [1.165, 1.54) is 14.3 Å². The molecule has 0 saturated heterocycles. The van der Waals surface area contributed by atoms with Crippen LogP contribution in [0, 0.1) is 13.8 Å². The van der Waals surface area contributed by atoms with Gasteiger partial charge >= 0.3 is 5.69 Å². The van der Waals surface area contributed by atoms with Crippen LogP contribution in [0.15, 0.2) is 29.1 Å². The van der Waals surface area contributed by atoms with E-state index in [0.29, 0.717) is 11.1 Å². The number of aromatic amines is 1. The van der Waals surface area contributed by atoms with Gasteiger partial charge in [-0.15, -0.1) is 11.3 Å². The number of nitrogens with zero attached hydrogens (tertiary/aromatic N) is 1. The Morgan fingerprint density at radius 1 is 1.30 bits per heavy atom. The second-order valence-corrected chi connectivity index (χ2v) is 7.25. The van der Waals surface area contributed by atoms with Crippen LogP contribution in [0.2, 0.25) is 0 Å². The van der Waals surface area contributed by atoms with Gasteiger partial charge in [-0.2, -0.15) is 0 Å². The smallest absolute Gasteiger partial charge is 0.326 e. The van der Waals surface area contributed by atoms with Gasteiger partial charge in [0.1, 0.15) is 0 Å². The van der Waals surface area contributed by atoms with Crippen molar-refractivity contribution < 1.29 is 4.79 Å². The number of benzene rings is 1. The van der Waals surface area contributed by atoms with E-state index in [1.54, 1.807) is 36.6 Å². The molecular weight excluding hydrogens is 310 g/mol. The lowest BCUT2D eigenvalue weighted by Crippen LogP contribution is -2.26. The molecule has 0 radical (unpaired) electrons. The highest BCUT2D eigenvalue weighted by Crippen LogP contribution is 2.26. The summed E-state index contributed by atoms with van der Waals surface area (Å²) < 4.78 is 1.52. The third kappa shape index (κ3) is 2.82. The van der Waals surface area contributed by atoms with Crippen molar-refractivity contribution in [3.8, 4) is 0 Å². The van der Waals surface area contributed by atoms with E-state index in [2.05, 4.69) is 30.2 Å². The first-order valence-corrected chi connectivity index (χ1v) is 8.25. The molecule has 0 aliphatic heterocycles. The fourth-order valence-electron chi connectivity index (χ4n) is 2.82. The van der Waals surface area contributed by atoms with Crippen LogP contribution in [0.25, 0.3) is 11.0 Å². The van der Waals surface area contributed by atoms with E-state index >= 15 is 0 Å². The molecule has 3 aromatic rings. The van der Waals surface area contributed by atoms with Gasteiger partial charge in [0.2, 0.25) is 0 Å². The maximum absolute atomic E-state index is 12.5. The first-order chi connectivity index (χ1) is 10.9. The van der Waals surface area contributed by atoms with Gasteiger partial charge in [-0.05, 0) is 50.6 Å². The number of hydrogen-bond donors (Lipinski definition) is 2. The summed E-state index contributed by atoms with van der Waals surface area (Å²) in [6.07, 6.45) is 0. The zero-order valence-electron chi connectivity index (χ0n) is 13.6. The molecule has 0 fully saturated rings. The van der Waals surface area contributed by atoms with Crippen LogP contribution in [-0.2, 0) is 7.05 Å². The molecule has 2 aromatic heterocycles. The molecule has 1 aromatic carbocycles. The third-order valence-electron chi connectivity index (χ3n) is 4.06. The second kappa shape index (κ2) is 5.70. The van der Waals surface area contributed by atoms with E-state index in [4.69, 9.17) is 0 Å². The summed E-state index contributed by atoms with van der Waals surface area (Å²) in [7, 11) is 1.70. The van der Waals surface area contributed by atoms with Gasteiger partial charge < -0.3 is 10.3 Å². The Kier molecular flexibility index (Phi) is 3.85. The van der Waals surface area contributed by atoms with Crippen LogP contribution in [0.3, 0.4) is 0 Å². The van der Waals surface area contributed by atoms with E-state index in [1.807, 2.05) is 6.92 Å². The molecule has 0 spiro atoms. The molecule has 23 heavy (non-hydrogen) atoms. The molecule has 1 unspecified atom stereocenters. The standard InChI is InChI=1S/C17H19N3O2S/c1-9-7-13(11(3)23-9)10(2)18-16(21)12-5-6-15-14(8-12)19-17(22)20(15)4/h5-8,10H,1-4H3,(H,18,21)(H,19,22). The first kappa shape index (κ1) is 15.6. The Morgan fingerprint density at radius 2 is 2.04 bits per heavy atom. The normalized spacial score (nSPS) is 12.5. The molecule has 1 amide bonds. The number of carbonyl (C=O) groups is 1. The number of carbonyl (C=O) groups excluding carboxylic acids is 1. The lowest BCUT2D eigenvalue weighted by atomic mass is 10.1. The quantitative estimate of drug-likeness (QED) is 0.775. The highest BCUT2D eigenvalue weighted by molar-refractivity contribution is 7.12. The number of aryl methyl sites for hydroxylation is 3. The predicted octanol–water partition coefficient (Wildman–Crippen LogP) is 3.04. The van der Waals surface area contributed by atoms with Crippen molar-refractivity contribution in [1.29, 1.82) is 0 Å². The molecule has 0 bridgehead atoms. The Bertz CT molecular complexity index is 949. The Labute approximate surface area is 138 Å². The minimum absolute atomic E-state index is 0.0574. The SMILES string of the molecule is Cc1cc(C(C)NC(=O)c2ccc3c(c2)[nH]c(=O)n3C)c(C)s1. The molecule has 2 N–H and O–H groups in total. The van der Waals surface area contributed by atoms with Crippen LogP contribution in [0.5, 0.6) is 0 Å². The summed E-state index contributed by atoms with van der Waals surface area (Å²) in [5.41, 5.74) is 2.95. The van der Waals surface area contributed by atoms with Gasteiger partial charge in [-0.1, -0.05) is 0 Å². The molecule has 1 atom stereocenters. The number of hydrogen-bond acceptors (Lipinski definition) is 3. The number of nitrogens with one attached hydrogen (secondary N) is 2. The van der Waals surface area contributed by atoms with Crippen LogP contribution in [0.4, 0.5) is 0 Å². The molecule has 0 saturated carbocycles. The van der Waals surface area contributed by atoms with Crippen molar-refractivity contribution in [1.82, 2.24) is 14.9 Å². The molecule has 0 aliphatic carbocycles. The average Bonchev–Trinajstić information content (AvgIpc) is 2.98. The molecule has 5 nitrogen and oxygen atoms in total. The first-order valence-electron chi connectivity index (χ1n) is 7.43. The highest BCUT2D eigenvalue weighted by atomic mass is 32.1. The molecule has 3 rings (SSSR count). The van der Waals surface area contributed by atoms with Crippen LogP contribution in [0.1, 0.15) is 38.6 Å².